The van der Waals surface area contributed by atoms with E-state index in [1.54, 1.807) is 42.7 Å². The van der Waals surface area contributed by atoms with E-state index in [-0.39, 0.29) is 40.1 Å². The number of β-lactam (4-membered cyclic amide) rings is 1. The summed E-state index contributed by atoms with van der Waals surface area (Å²) in [7, 11) is 0. The summed E-state index contributed by atoms with van der Waals surface area (Å²) in [4.78, 5) is 73.0. The lowest BCUT2D eigenvalue weighted by molar-refractivity contribution is -0.686. The van der Waals surface area contributed by atoms with E-state index in [1.807, 2.05) is 0 Å². The second kappa shape index (κ2) is 14.0. The van der Waals surface area contributed by atoms with Gasteiger partial charge in [0.1, 0.15) is 22.8 Å². The summed E-state index contributed by atoms with van der Waals surface area (Å²) in [6.07, 6.45) is 1.66. The van der Waals surface area contributed by atoms with Gasteiger partial charge in [-0.3, -0.25) is 14.5 Å². The molecule has 2 aromatic heterocycles. The third kappa shape index (κ3) is 7.13. The molecule has 1 fully saturated rings. The van der Waals surface area contributed by atoms with Gasteiger partial charge in [0.25, 0.3) is 11.8 Å². The van der Waals surface area contributed by atoms with Crippen molar-refractivity contribution in [2.45, 2.75) is 29.0 Å². The summed E-state index contributed by atoms with van der Waals surface area (Å²) in [6.45, 7) is -0.194. The number of anilines is 1. The Balaban J connectivity index is 1.31. The van der Waals surface area contributed by atoms with Crippen LogP contribution in [0.1, 0.15) is 17.4 Å². The Hall–Kier alpha value is -4.94. The molecule has 0 spiro atoms. The van der Waals surface area contributed by atoms with Crippen LogP contribution < -0.4 is 15.6 Å². The zero-order valence-electron chi connectivity index (χ0n) is 23.5. The number of nitrogens with two attached hydrogens (primary N) is 1. The largest absolute Gasteiger partial charge is 0.478 e. The van der Waals surface area contributed by atoms with Crippen LogP contribution in [0.25, 0.3) is 0 Å². The minimum atomic E-state index is -1.55. The number of fused-ring (bicyclic) bond motifs is 1. The van der Waals surface area contributed by atoms with Crippen molar-refractivity contribution in [3.05, 3.63) is 82.8 Å². The maximum absolute atomic E-state index is 13.4. The van der Waals surface area contributed by atoms with Crippen LogP contribution in [0.2, 0.25) is 0 Å². The number of aromatic nitrogens is 2. The minimum absolute atomic E-state index is 0.00282. The Bertz CT molecular complexity index is 1750. The number of pyridine rings is 1. The molecule has 46 heavy (non-hydrogen) atoms. The molecule has 15 nitrogen and oxygen atoms in total. The number of carboxylic acid groups (broad SMARTS) is 3. The van der Waals surface area contributed by atoms with Crippen molar-refractivity contribution >= 4 is 75.4 Å². The molecule has 4 heterocycles. The van der Waals surface area contributed by atoms with Gasteiger partial charge in [0.2, 0.25) is 12.6 Å². The highest BCUT2D eigenvalue weighted by Gasteiger charge is 2.54. The van der Waals surface area contributed by atoms with Crippen molar-refractivity contribution in [2.75, 3.05) is 17.2 Å². The van der Waals surface area contributed by atoms with E-state index in [2.05, 4.69) is 15.5 Å². The fraction of sp³-hybridized carbons (Fsp3) is 0.214. The summed E-state index contributed by atoms with van der Waals surface area (Å²) in [5.41, 5.74) is 5.94. The normalized spacial score (nSPS) is 18.3. The highest BCUT2D eigenvalue weighted by Crippen LogP contribution is 2.41. The number of hydrogen-bond acceptors (Lipinski definition) is 12. The average Bonchev–Trinajstić information content (AvgIpc) is 3.46. The molecule has 0 aliphatic carbocycles. The molecule has 0 saturated carbocycles. The standard InChI is InChI=1S/C28H24N6O9S3/c29-28-30-17(13-46-28)19(32-43-22(27(41)42)14-4-2-1-3-5-14)23(37)31-20-24(38)34-21(26(39)40)15(12-45-25(20)34)11-44-16-6-8-33(9-7-16)10-18(35)36/h1-9,13,20,22,25H,10-12H2,(H5-,29,30,31,35,36,37,39,40,41,42)/p+1/t20?,22?,25-/m1/s1. The van der Waals surface area contributed by atoms with Crippen LogP contribution in [0.4, 0.5) is 5.13 Å². The summed E-state index contributed by atoms with van der Waals surface area (Å²) in [6, 6.07) is 10.3. The van der Waals surface area contributed by atoms with E-state index in [9.17, 15) is 34.2 Å². The van der Waals surface area contributed by atoms with Gasteiger partial charge in [0.05, 0.1) is 0 Å². The number of thioether (sulfide) groups is 2. The lowest BCUT2D eigenvalue weighted by Crippen LogP contribution is -2.71. The van der Waals surface area contributed by atoms with Gasteiger partial charge in [-0.15, -0.1) is 34.9 Å². The number of nitrogen functional groups attached to an aromatic ring is 1. The number of benzene rings is 1. The number of aliphatic carboxylic acids is 3. The lowest BCUT2D eigenvalue weighted by atomic mass is 10.0. The van der Waals surface area contributed by atoms with Crippen LogP contribution >= 0.6 is 34.9 Å². The second-order valence-electron chi connectivity index (χ2n) is 9.75. The molecule has 5 rings (SSSR count). The summed E-state index contributed by atoms with van der Waals surface area (Å²) >= 11 is 3.62. The third-order valence-electron chi connectivity index (χ3n) is 6.68. The highest BCUT2D eigenvalue weighted by molar-refractivity contribution is 8.01. The van der Waals surface area contributed by atoms with Crippen molar-refractivity contribution in [3.63, 3.8) is 0 Å². The molecule has 18 heteroatoms. The summed E-state index contributed by atoms with van der Waals surface area (Å²) < 4.78 is 1.49. The minimum Gasteiger partial charge on any atom is -0.478 e. The van der Waals surface area contributed by atoms with E-state index in [1.165, 1.54) is 45.6 Å². The first-order valence-corrected chi connectivity index (χ1v) is 16.2. The van der Waals surface area contributed by atoms with E-state index in [0.717, 1.165) is 21.1 Å². The summed E-state index contributed by atoms with van der Waals surface area (Å²) in [5, 5.41) is 35.8. The quantitative estimate of drug-likeness (QED) is 0.0561. The van der Waals surface area contributed by atoms with Crippen molar-refractivity contribution < 1.29 is 48.7 Å². The van der Waals surface area contributed by atoms with Crippen LogP contribution in [0.5, 0.6) is 0 Å². The van der Waals surface area contributed by atoms with Gasteiger partial charge < -0.3 is 31.2 Å². The van der Waals surface area contributed by atoms with Gasteiger partial charge in [0.15, 0.2) is 23.2 Å². The van der Waals surface area contributed by atoms with Crippen LogP contribution in [-0.4, -0.2) is 83.6 Å². The molecule has 0 bridgehead atoms. The van der Waals surface area contributed by atoms with Crippen LogP contribution in [0.15, 0.2) is 81.6 Å². The molecule has 238 valence electrons. The molecule has 2 unspecified atom stereocenters. The van der Waals surface area contributed by atoms with Gasteiger partial charge in [-0.05, 0) is 5.57 Å². The number of carboxylic acids is 3. The van der Waals surface area contributed by atoms with E-state index in [0.29, 0.717) is 5.57 Å². The average molecular weight is 686 g/mol. The number of thiazole rings is 1. The van der Waals surface area contributed by atoms with Crippen molar-refractivity contribution in [3.8, 4) is 0 Å². The number of carbonyl (C=O) groups is 5. The summed E-state index contributed by atoms with van der Waals surface area (Å²) in [5.74, 6) is -4.64. The third-order valence-corrected chi connectivity index (χ3v) is 9.80. The zero-order chi connectivity index (χ0) is 33.0. The van der Waals surface area contributed by atoms with Crippen molar-refractivity contribution in [1.29, 1.82) is 0 Å². The number of hydrogen-bond donors (Lipinski definition) is 5. The fourth-order valence-corrected chi connectivity index (χ4v) is 7.48. The first kappa shape index (κ1) is 32.5. The molecular formula is C28H25N6O9S3+. The molecule has 6 N–H and O–H groups in total. The highest BCUT2D eigenvalue weighted by atomic mass is 32.2. The molecule has 2 aliphatic heterocycles. The molecule has 1 aromatic carbocycles. The monoisotopic (exact) mass is 685 g/mol. The Morgan fingerprint density at radius 2 is 1.87 bits per heavy atom. The van der Waals surface area contributed by atoms with Crippen LogP contribution in [-0.2, 0) is 35.4 Å². The predicted molar refractivity (Wildman–Crippen MR) is 166 cm³/mol. The molecule has 3 atom stereocenters. The second-order valence-corrected chi connectivity index (χ2v) is 12.8. The van der Waals surface area contributed by atoms with Gasteiger partial charge in [0, 0.05) is 39.5 Å². The maximum atomic E-state index is 13.4. The van der Waals surface area contributed by atoms with E-state index in [4.69, 9.17) is 15.7 Å². The Labute approximate surface area is 272 Å². The SMILES string of the molecule is Nc1nc(C(=NOC(C(=O)O)c2ccccc2)C(=O)NC2C(=O)N3C(C(=O)O)=C(CSc4cc[n+](CC(=O)O)cc4)CS[C@H]23)cs1. The molecular weight excluding hydrogens is 661 g/mol. The number of nitrogens with zero attached hydrogens (tertiary/aromatic N) is 4. The Morgan fingerprint density at radius 1 is 1.15 bits per heavy atom. The smallest absolute Gasteiger partial charge is 0.370 e. The van der Waals surface area contributed by atoms with Crippen LogP contribution in [0, 0.1) is 0 Å². The van der Waals surface area contributed by atoms with Crippen molar-refractivity contribution in [2.24, 2.45) is 5.16 Å². The van der Waals surface area contributed by atoms with Crippen molar-refractivity contribution in [1.82, 2.24) is 15.2 Å². The lowest BCUT2D eigenvalue weighted by Gasteiger charge is -2.49. The van der Waals surface area contributed by atoms with Gasteiger partial charge in [-0.25, -0.2) is 19.4 Å². The number of carbonyl (C=O) groups excluding carboxylic acids is 2. The molecule has 2 amide bonds. The van der Waals surface area contributed by atoms with Crippen LogP contribution in [0.3, 0.4) is 0 Å². The Morgan fingerprint density at radius 3 is 2.48 bits per heavy atom. The fourth-order valence-electron chi connectivity index (χ4n) is 4.56. The topological polar surface area (TPSA) is 226 Å². The predicted octanol–water partition coefficient (Wildman–Crippen LogP) is 1.17. The molecule has 2 aliphatic rings. The zero-order valence-corrected chi connectivity index (χ0v) is 26.0. The maximum Gasteiger partial charge on any atom is 0.370 e. The van der Waals surface area contributed by atoms with Gasteiger partial charge in [-0.2, -0.15) is 4.57 Å². The van der Waals surface area contributed by atoms with E-state index < -0.39 is 53.0 Å². The first-order chi connectivity index (χ1) is 22.0. The first-order valence-electron chi connectivity index (χ1n) is 13.3. The van der Waals surface area contributed by atoms with Gasteiger partial charge >= 0.3 is 17.9 Å². The van der Waals surface area contributed by atoms with Gasteiger partial charge in [-0.1, -0.05) is 35.5 Å². The Kier molecular flexibility index (Phi) is 9.88. The number of amides is 2. The van der Waals surface area contributed by atoms with E-state index >= 15 is 0 Å². The number of rotatable bonds is 13. The number of oxime groups is 1. The molecule has 0 radical (unpaired) electrons. The molecule has 1 saturated heterocycles. The number of nitrogens with one attached hydrogen (secondary N) is 1. The molecule has 3 aromatic rings.